The van der Waals surface area contributed by atoms with Crippen molar-refractivity contribution in [2.75, 3.05) is 13.6 Å². The van der Waals surface area contributed by atoms with Crippen LogP contribution in [-0.4, -0.2) is 52.7 Å². The lowest BCUT2D eigenvalue weighted by molar-refractivity contribution is -0.140. The molecule has 7 nitrogen and oxygen atoms in total. The molecule has 108 valence electrons. The van der Waals surface area contributed by atoms with E-state index in [-0.39, 0.29) is 19.3 Å². The normalized spacial score (nSPS) is 15.6. The molecule has 19 heavy (non-hydrogen) atoms. The van der Waals surface area contributed by atoms with Crippen molar-refractivity contribution in [3.63, 3.8) is 0 Å². The average molecular weight is 272 g/mol. The lowest BCUT2D eigenvalue weighted by Gasteiger charge is -2.21. The minimum absolute atomic E-state index is 0.0996. The first kappa shape index (κ1) is 15.3. The quantitative estimate of drug-likeness (QED) is 0.604. The van der Waals surface area contributed by atoms with Gasteiger partial charge in [-0.15, -0.1) is 0 Å². The summed E-state index contributed by atoms with van der Waals surface area (Å²) in [5.74, 6) is -1.58. The van der Waals surface area contributed by atoms with E-state index in [2.05, 4.69) is 5.32 Å². The zero-order valence-electron chi connectivity index (χ0n) is 11.0. The molecule has 1 rings (SSSR count). The van der Waals surface area contributed by atoms with Gasteiger partial charge in [0.2, 0.25) is 0 Å². The fourth-order valence-corrected chi connectivity index (χ4v) is 1.74. The van der Waals surface area contributed by atoms with Crippen molar-refractivity contribution in [3.05, 3.63) is 0 Å². The predicted molar refractivity (Wildman–Crippen MR) is 66.8 cm³/mol. The van der Waals surface area contributed by atoms with Gasteiger partial charge in [-0.1, -0.05) is 0 Å². The van der Waals surface area contributed by atoms with Gasteiger partial charge in [0.15, 0.2) is 0 Å². The van der Waals surface area contributed by atoms with Crippen LogP contribution in [0.1, 0.15) is 32.1 Å². The van der Waals surface area contributed by atoms with Crippen molar-refractivity contribution in [3.8, 4) is 0 Å². The van der Waals surface area contributed by atoms with Gasteiger partial charge in [0.1, 0.15) is 6.04 Å². The molecule has 0 aromatic heterocycles. The van der Waals surface area contributed by atoms with Gasteiger partial charge in [0.25, 0.3) is 0 Å². The standard InChI is InChI=1S/C12H20N2O5/c1-14(7-8-5-6-8)12(19)13-9(11(17)18)3-2-4-10(15)16/h8-9H,2-7H2,1H3,(H,13,19)(H,15,16)(H,17,18)/t9-/m1/s1. The molecule has 1 aliphatic carbocycles. The maximum Gasteiger partial charge on any atom is 0.326 e. The molecule has 3 N–H and O–H groups in total. The molecule has 0 spiro atoms. The lowest BCUT2D eigenvalue weighted by Crippen LogP contribution is -2.47. The maximum atomic E-state index is 11.8. The summed E-state index contributed by atoms with van der Waals surface area (Å²) >= 11 is 0. The molecule has 0 radical (unpaired) electrons. The van der Waals surface area contributed by atoms with E-state index in [0.29, 0.717) is 12.5 Å². The van der Waals surface area contributed by atoms with Crippen LogP contribution in [0.2, 0.25) is 0 Å². The molecule has 1 fully saturated rings. The Morgan fingerprint density at radius 2 is 1.95 bits per heavy atom. The largest absolute Gasteiger partial charge is 0.481 e. The molecule has 0 saturated heterocycles. The number of carbonyl (C=O) groups excluding carboxylic acids is 1. The monoisotopic (exact) mass is 272 g/mol. The minimum Gasteiger partial charge on any atom is -0.481 e. The number of carbonyl (C=O) groups is 3. The molecule has 0 bridgehead atoms. The summed E-state index contributed by atoms with van der Waals surface area (Å²) in [4.78, 5) is 34.6. The fraction of sp³-hybridized carbons (Fsp3) is 0.750. The van der Waals surface area contributed by atoms with Crippen molar-refractivity contribution in [2.45, 2.75) is 38.1 Å². The van der Waals surface area contributed by atoms with Gasteiger partial charge in [0.05, 0.1) is 0 Å². The molecule has 0 unspecified atom stereocenters. The van der Waals surface area contributed by atoms with Crippen LogP contribution in [0, 0.1) is 5.92 Å². The Hall–Kier alpha value is -1.79. The molecule has 1 atom stereocenters. The number of hydrogen-bond donors (Lipinski definition) is 3. The van der Waals surface area contributed by atoms with Crippen molar-refractivity contribution >= 4 is 18.0 Å². The Bertz CT molecular complexity index is 354. The first-order valence-electron chi connectivity index (χ1n) is 6.36. The van der Waals surface area contributed by atoms with E-state index < -0.39 is 24.0 Å². The fourth-order valence-electron chi connectivity index (χ4n) is 1.74. The third kappa shape index (κ3) is 6.08. The molecule has 1 aliphatic rings. The molecular weight excluding hydrogens is 252 g/mol. The van der Waals surface area contributed by atoms with Crippen molar-refractivity contribution in [1.82, 2.24) is 10.2 Å². The van der Waals surface area contributed by atoms with Crippen LogP contribution < -0.4 is 5.32 Å². The third-order valence-electron chi connectivity index (χ3n) is 3.05. The zero-order valence-corrected chi connectivity index (χ0v) is 11.0. The predicted octanol–water partition coefficient (Wildman–Crippen LogP) is 0.746. The number of aliphatic carboxylic acids is 2. The molecule has 7 heteroatoms. The number of urea groups is 1. The first-order valence-corrected chi connectivity index (χ1v) is 6.36. The Morgan fingerprint density at radius 3 is 2.42 bits per heavy atom. The van der Waals surface area contributed by atoms with Crippen LogP contribution >= 0.6 is 0 Å². The van der Waals surface area contributed by atoms with E-state index in [1.807, 2.05) is 0 Å². The summed E-state index contributed by atoms with van der Waals surface area (Å²) < 4.78 is 0. The Morgan fingerprint density at radius 1 is 1.32 bits per heavy atom. The third-order valence-corrected chi connectivity index (χ3v) is 3.05. The smallest absolute Gasteiger partial charge is 0.326 e. The van der Waals surface area contributed by atoms with Crippen molar-refractivity contribution in [2.24, 2.45) is 5.92 Å². The summed E-state index contributed by atoms with van der Waals surface area (Å²) in [7, 11) is 1.63. The van der Waals surface area contributed by atoms with E-state index in [4.69, 9.17) is 10.2 Å². The zero-order chi connectivity index (χ0) is 14.4. The molecule has 1 saturated carbocycles. The van der Waals surface area contributed by atoms with Crippen molar-refractivity contribution in [1.29, 1.82) is 0 Å². The van der Waals surface area contributed by atoms with Gasteiger partial charge < -0.3 is 20.4 Å². The van der Waals surface area contributed by atoms with Gasteiger partial charge in [0, 0.05) is 20.0 Å². The SMILES string of the molecule is CN(CC1CC1)C(=O)N[C@H](CCCC(=O)O)C(=O)O. The van der Waals surface area contributed by atoms with Gasteiger partial charge in [-0.3, -0.25) is 4.79 Å². The topological polar surface area (TPSA) is 107 Å². The first-order chi connectivity index (χ1) is 8.90. The number of carboxylic acid groups (broad SMARTS) is 2. The average Bonchev–Trinajstić information content (AvgIpc) is 3.10. The van der Waals surface area contributed by atoms with E-state index >= 15 is 0 Å². The Balaban J connectivity index is 2.35. The Kier molecular flexibility index (Phi) is 5.59. The number of nitrogens with one attached hydrogen (secondary N) is 1. The van der Waals surface area contributed by atoms with Crippen LogP contribution in [0.25, 0.3) is 0 Å². The van der Waals surface area contributed by atoms with Gasteiger partial charge in [-0.2, -0.15) is 0 Å². The second-order valence-electron chi connectivity index (χ2n) is 4.95. The van der Waals surface area contributed by atoms with Crippen LogP contribution in [-0.2, 0) is 9.59 Å². The van der Waals surface area contributed by atoms with E-state index in [1.54, 1.807) is 7.05 Å². The highest BCUT2D eigenvalue weighted by molar-refractivity contribution is 5.82. The molecule has 2 amide bonds. The highest BCUT2D eigenvalue weighted by Gasteiger charge is 2.27. The lowest BCUT2D eigenvalue weighted by atomic mass is 10.1. The maximum absolute atomic E-state index is 11.8. The minimum atomic E-state index is -1.14. The van der Waals surface area contributed by atoms with E-state index in [9.17, 15) is 14.4 Å². The second-order valence-corrected chi connectivity index (χ2v) is 4.95. The van der Waals surface area contributed by atoms with Gasteiger partial charge in [-0.05, 0) is 31.6 Å². The Labute approximate surface area is 111 Å². The molecule has 0 aliphatic heterocycles. The highest BCUT2D eigenvalue weighted by atomic mass is 16.4. The summed E-state index contributed by atoms with van der Waals surface area (Å²) in [5.41, 5.74) is 0. The van der Waals surface area contributed by atoms with Crippen molar-refractivity contribution < 1.29 is 24.6 Å². The molecular formula is C12H20N2O5. The second kappa shape index (κ2) is 6.96. The summed E-state index contributed by atoms with van der Waals surface area (Å²) in [6, 6.07) is -1.46. The number of nitrogens with zero attached hydrogens (tertiary/aromatic N) is 1. The van der Waals surface area contributed by atoms with Crippen LogP contribution in [0.15, 0.2) is 0 Å². The number of carboxylic acids is 2. The molecule has 0 aromatic carbocycles. The van der Waals surface area contributed by atoms with Crippen LogP contribution in [0.3, 0.4) is 0 Å². The number of rotatable bonds is 8. The number of hydrogen-bond acceptors (Lipinski definition) is 3. The van der Waals surface area contributed by atoms with Gasteiger partial charge >= 0.3 is 18.0 Å². The summed E-state index contributed by atoms with van der Waals surface area (Å²) in [5, 5.41) is 19.9. The van der Waals surface area contributed by atoms with Crippen LogP contribution in [0.5, 0.6) is 0 Å². The molecule has 0 heterocycles. The van der Waals surface area contributed by atoms with E-state index in [0.717, 1.165) is 12.8 Å². The number of amides is 2. The highest BCUT2D eigenvalue weighted by Crippen LogP contribution is 2.29. The molecule has 0 aromatic rings. The summed E-state index contributed by atoms with van der Waals surface area (Å²) in [6.45, 7) is 0.632. The van der Waals surface area contributed by atoms with E-state index in [1.165, 1.54) is 4.90 Å². The van der Waals surface area contributed by atoms with Gasteiger partial charge in [-0.25, -0.2) is 9.59 Å². The van der Waals surface area contributed by atoms with Crippen LogP contribution in [0.4, 0.5) is 4.79 Å². The summed E-state index contributed by atoms with van der Waals surface area (Å²) in [6.07, 6.45) is 2.46.